The lowest BCUT2D eigenvalue weighted by molar-refractivity contribution is 0.0271. The molecule has 0 fully saturated rings. The third kappa shape index (κ3) is 8.46. The normalized spacial score (nSPS) is 14.4. The van der Waals surface area contributed by atoms with Crippen LogP contribution in [0.5, 0.6) is 0 Å². The van der Waals surface area contributed by atoms with Crippen LogP contribution in [0.2, 0.25) is 0 Å². The molecule has 0 radical (unpaired) electrons. The van der Waals surface area contributed by atoms with Gasteiger partial charge in [0.05, 0.1) is 6.10 Å². The van der Waals surface area contributed by atoms with Gasteiger partial charge in [-0.1, -0.05) is 105 Å². The highest BCUT2D eigenvalue weighted by atomic mass is 32.2. The van der Waals surface area contributed by atoms with E-state index in [-0.39, 0.29) is 18.5 Å². The van der Waals surface area contributed by atoms with Gasteiger partial charge in [-0.2, -0.15) is 4.31 Å². The molecule has 2 N–H and O–H groups in total. The lowest BCUT2D eigenvalue weighted by atomic mass is 9.97. The van der Waals surface area contributed by atoms with E-state index in [4.69, 9.17) is 0 Å². The fourth-order valence-corrected chi connectivity index (χ4v) is 4.94. The van der Waals surface area contributed by atoms with Gasteiger partial charge < -0.3 is 5.11 Å². The van der Waals surface area contributed by atoms with Crippen molar-refractivity contribution < 1.29 is 13.9 Å². The molecule has 0 aromatic heterocycles. The minimum Gasteiger partial charge on any atom is -0.390 e. The number of benzene rings is 3. The Kier molecular flexibility index (Phi) is 10.4. The van der Waals surface area contributed by atoms with E-state index in [1.165, 1.54) is 4.31 Å². The first-order valence-electron chi connectivity index (χ1n) is 11.8. The second kappa shape index (κ2) is 13.5. The Hall–Kier alpha value is -2.35. The van der Waals surface area contributed by atoms with Crippen LogP contribution in [-0.4, -0.2) is 48.3 Å². The molecule has 182 valence electrons. The summed E-state index contributed by atoms with van der Waals surface area (Å²) in [6, 6.07) is 30.4. The van der Waals surface area contributed by atoms with Gasteiger partial charge in [0.2, 0.25) is 11.3 Å². The molecular formula is C28H36N2O3S. The third-order valence-corrected chi connectivity index (χ3v) is 6.58. The first-order valence-corrected chi connectivity index (χ1v) is 12.9. The van der Waals surface area contributed by atoms with E-state index < -0.39 is 17.4 Å². The Morgan fingerprint density at radius 2 is 1.18 bits per heavy atom. The van der Waals surface area contributed by atoms with E-state index in [2.05, 4.69) is 41.3 Å². The van der Waals surface area contributed by atoms with Crippen LogP contribution in [0.3, 0.4) is 0 Å². The number of aliphatic hydroxyl groups is 1. The van der Waals surface area contributed by atoms with E-state index in [0.717, 1.165) is 16.7 Å². The van der Waals surface area contributed by atoms with Crippen molar-refractivity contribution in [1.29, 1.82) is 0 Å². The minimum absolute atomic E-state index is 0.124. The Morgan fingerprint density at radius 3 is 1.59 bits per heavy atom. The maximum atomic E-state index is 12.0. The number of hydrogen-bond acceptors (Lipinski definition) is 3. The topological polar surface area (TPSA) is 64.0 Å². The molecule has 0 aliphatic rings. The number of aliphatic hydroxyl groups excluding tert-OH is 1. The molecule has 34 heavy (non-hydrogen) atoms. The molecule has 3 atom stereocenters. The number of nitrogens with zero attached hydrogens (tertiary/aromatic N) is 2. The van der Waals surface area contributed by atoms with E-state index >= 15 is 0 Å². The van der Waals surface area contributed by atoms with E-state index in [9.17, 15) is 13.9 Å². The van der Waals surface area contributed by atoms with Crippen molar-refractivity contribution in [2.24, 2.45) is 5.92 Å². The van der Waals surface area contributed by atoms with Crippen molar-refractivity contribution in [3.8, 4) is 0 Å². The Morgan fingerprint density at radius 1 is 0.735 bits per heavy atom. The Balaban J connectivity index is 1.93. The molecule has 0 heterocycles. The zero-order valence-corrected chi connectivity index (χ0v) is 20.8. The van der Waals surface area contributed by atoms with Crippen LogP contribution in [0.15, 0.2) is 91.0 Å². The lowest BCUT2D eigenvalue weighted by Crippen LogP contribution is -2.50. The van der Waals surface area contributed by atoms with Crippen LogP contribution in [0.25, 0.3) is 0 Å². The summed E-state index contributed by atoms with van der Waals surface area (Å²) in [7, 11) is 0. The summed E-state index contributed by atoms with van der Waals surface area (Å²) in [5.41, 5.74) is 3.44. The summed E-state index contributed by atoms with van der Waals surface area (Å²) >= 11 is -2.14. The summed E-state index contributed by atoms with van der Waals surface area (Å²) in [5.74, 6) is 0.209. The van der Waals surface area contributed by atoms with Crippen molar-refractivity contribution in [3.05, 3.63) is 108 Å². The molecule has 0 saturated heterocycles. The highest BCUT2D eigenvalue weighted by Crippen LogP contribution is 2.21. The van der Waals surface area contributed by atoms with Gasteiger partial charge in [0.1, 0.15) is 0 Å². The smallest absolute Gasteiger partial charge is 0.234 e. The molecule has 3 rings (SSSR count). The van der Waals surface area contributed by atoms with Gasteiger partial charge >= 0.3 is 0 Å². The fraction of sp³-hybridized carbons (Fsp3) is 0.357. The van der Waals surface area contributed by atoms with Crippen LogP contribution in [0.4, 0.5) is 0 Å². The molecule has 6 heteroatoms. The minimum atomic E-state index is -2.14. The molecule has 0 saturated carbocycles. The van der Waals surface area contributed by atoms with Gasteiger partial charge in [-0.25, -0.2) is 4.21 Å². The molecular weight excluding hydrogens is 444 g/mol. The molecule has 3 aromatic rings. The van der Waals surface area contributed by atoms with Crippen molar-refractivity contribution in [2.75, 3.05) is 13.1 Å². The maximum absolute atomic E-state index is 12.0. The van der Waals surface area contributed by atoms with Crippen molar-refractivity contribution >= 4 is 11.3 Å². The van der Waals surface area contributed by atoms with Crippen molar-refractivity contribution in [3.63, 3.8) is 0 Å². The summed E-state index contributed by atoms with van der Waals surface area (Å²) in [5, 5.41) is 11.5. The largest absolute Gasteiger partial charge is 0.390 e. The molecule has 0 bridgehead atoms. The highest BCUT2D eigenvalue weighted by molar-refractivity contribution is 7.76. The first kappa shape index (κ1) is 26.3. The lowest BCUT2D eigenvalue weighted by Gasteiger charge is -2.37. The van der Waals surface area contributed by atoms with Gasteiger partial charge in [-0.3, -0.25) is 9.45 Å². The van der Waals surface area contributed by atoms with Crippen LogP contribution in [-0.2, 0) is 30.8 Å². The highest BCUT2D eigenvalue weighted by Gasteiger charge is 2.30. The van der Waals surface area contributed by atoms with Crippen LogP contribution in [0.1, 0.15) is 30.5 Å². The van der Waals surface area contributed by atoms with Gasteiger partial charge in [0, 0.05) is 32.2 Å². The van der Waals surface area contributed by atoms with Crippen LogP contribution < -0.4 is 0 Å². The summed E-state index contributed by atoms with van der Waals surface area (Å²) in [6.07, 6.45) is -0.183. The van der Waals surface area contributed by atoms with Gasteiger partial charge in [-0.05, 0) is 29.0 Å². The van der Waals surface area contributed by atoms with E-state index in [1.54, 1.807) is 0 Å². The molecule has 5 nitrogen and oxygen atoms in total. The molecule has 0 aliphatic heterocycles. The monoisotopic (exact) mass is 480 g/mol. The summed E-state index contributed by atoms with van der Waals surface area (Å²) in [6.45, 7) is 5.90. The second-order valence-electron chi connectivity index (χ2n) is 9.17. The van der Waals surface area contributed by atoms with Gasteiger partial charge in [0.25, 0.3) is 0 Å². The summed E-state index contributed by atoms with van der Waals surface area (Å²) in [4.78, 5) is 2.29. The predicted octanol–water partition coefficient (Wildman–Crippen LogP) is 4.76. The third-order valence-electron chi connectivity index (χ3n) is 5.84. The molecule has 0 spiro atoms. The predicted molar refractivity (Wildman–Crippen MR) is 139 cm³/mol. The van der Waals surface area contributed by atoms with Gasteiger partial charge in [0.15, 0.2) is 0 Å². The maximum Gasteiger partial charge on any atom is 0.234 e. The van der Waals surface area contributed by atoms with Crippen LogP contribution >= 0.6 is 0 Å². The number of rotatable bonds is 13. The quantitative estimate of drug-likeness (QED) is 0.347. The van der Waals surface area contributed by atoms with E-state index in [0.29, 0.717) is 26.1 Å². The standard InChI is InChI=1S/C28H36N2O3S/c1-23(2)19-30(34(32)33)22-28(31)27(18-24-12-6-3-7-13-24)29(20-25-14-8-4-9-15-25)21-26-16-10-5-11-17-26/h3-17,23,27-28,31H,18-22H2,1-2H3,(H,32,33)/t27-,28+/m0/s1. The molecule has 0 amide bonds. The molecule has 3 aromatic carbocycles. The Labute approximate surface area is 206 Å². The average Bonchev–Trinajstić information content (AvgIpc) is 2.83. The number of hydrogen-bond donors (Lipinski definition) is 2. The zero-order chi connectivity index (χ0) is 24.3. The molecule has 1 unspecified atom stereocenters. The van der Waals surface area contributed by atoms with Crippen LogP contribution in [0, 0.1) is 5.92 Å². The van der Waals surface area contributed by atoms with E-state index in [1.807, 2.05) is 68.4 Å². The fourth-order valence-electron chi connectivity index (χ4n) is 4.23. The SMILES string of the molecule is CC(C)CN(C[C@@H](O)[C@H](Cc1ccccc1)N(Cc1ccccc1)Cc1ccccc1)S(=O)O. The van der Waals surface area contributed by atoms with Gasteiger partial charge in [-0.15, -0.1) is 0 Å². The average molecular weight is 481 g/mol. The first-order chi connectivity index (χ1) is 16.4. The second-order valence-corrected chi connectivity index (χ2v) is 10.1. The zero-order valence-electron chi connectivity index (χ0n) is 20.0. The van der Waals surface area contributed by atoms with Crippen molar-refractivity contribution in [1.82, 2.24) is 9.21 Å². The molecule has 0 aliphatic carbocycles. The van der Waals surface area contributed by atoms with Crippen molar-refractivity contribution in [2.45, 2.75) is 45.5 Å². The summed E-state index contributed by atoms with van der Waals surface area (Å²) < 4.78 is 23.3. The Bertz CT molecular complexity index is 945.